The van der Waals surface area contributed by atoms with Crippen LogP contribution in [-0.2, 0) is 13.7 Å². The Morgan fingerprint density at radius 3 is 2.75 bits per heavy atom. The lowest BCUT2D eigenvalue weighted by molar-refractivity contribution is 0.300. The largest absolute Gasteiger partial charge is 0.488 e. The Balaban J connectivity index is 2.23. The Morgan fingerprint density at radius 1 is 1.50 bits per heavy atom. The predicted molar refractivity (Wildman–Crippen MR) is 76.3 cm³/mol. The molecule has 0 unspecified atom stereocenters. The van der Waals surface area contributed by atoms with Gasteiger partial charge in [-0.05, 0) is 32.0 Å². The van der Waals surface area contributed by atoms with E-state index in [1.165, 1.54) is 12.1 Å². The molecule has 0 bridgehead atoms. The molecule has 1 heterocycles. The van der Waals surface area contributed by atoms with Gasteiger partial charge < -0.3 is 10.5 Å². The van der Waals surface area contributed by atoms with Gasteiger partial charge in [0.2, 0.25) is 0 Å². The zero-order chi connectivity index (χ0) is 14.9. The second kappa shape index (κ2) is 5.81. The standard InChI is InChI=1S/C14H17ClFN3O/c1-8(17)11-6-10(16)4-5-13(11)20-7-12-9(2)18-19(3)14(12)15/h4-6,8H,7,17H2,1-3H3/t8-/m0/s1. The molecule has 0 spiro atoms. The summed E-state index contributed by atoms with van der Waals surface area (Å²) >= 11 is 6.14. The second-order valence-electron chi connectivity index (χ2n) is 4.74. The fourth-order valence-electron chi connectivity index (χ4n) is 1.99. The van der Waals surface area contributed by atoms with Crippen molar-refractivity contribution < 1.29 is 9.13 Å². The van der Waals surface area contributed by atoms with E-state index in [9.17, 15) is 4.39 Å². The number of nitrogens with two attached hydrogens (primary N) is 1. The van der Waals surface area contributed by atoms with Crippen molar-refractivity contribution in [3.05, 3.63) is 46.0 Å². The SMILES string of the molecule is Cc1nn(C)c(Cl)c1COc1ccc(F)cc1[C@H](C)N. The summed E-state index contributed by atoms with van der Waals surface area (Å²) in [6.45, 7) is 3.91. The zero-order valence-electron chi connectivity index (χ0n) is 11.7. The summed E-state index contributed by atoms with van der Waals surface area (Å²) in [7, 11) is 1.77. The summed E-state index contributed by atoms with van der Waals surface area (Å²) in [6.07, 6.45) is 0. The van der Waals surface area contributed by atoms with Gasteiger partial charge in [0.1, 0.15) is 23.3 Å². The highest BCUT2D eigenvalue weighted by Crippen LogP contribution is 2.27. The average molecular weight is 298 g/mol. The van der Waals surface area contributed by atoms with E-state index in [0.717, 1.165) is 11.3 Å². The fourth-order valence-corrected chi connectivity index (χ4v) is 2.22. The first-order valence-electron chi connectivity index (χ1n) is 6.26. The molecular formula is C14H17ClFN3O. The quantitative estimate of drug-likeness (QED) is 0.943. The maximum atomic E-state index is 13.3. The van der Waals surface area contributed by atoms with E-state index < -0.39 is 0 Å². The Bertz CT molecular complexity index is 625. The van der Waals surface area contributed by atoms with E-state index in [0.29, 0.717) is 16.5 Å². The van der Waals surface area contributed by atoms with Crippen LogP contribution in [0.25, 0.3) is 0 Å². The van der Waals surface area contributed by atoms with Crippen LogP contribution in [0.1, 0.15) is 29.8 Å². The van der Waals surface area contributed by atoms with Crippen molar-refractivity contribution >= 4 is 11.6 Å². The highest BCUT2D eigenvalue weighted by atomic mass is 35.5. The smallest absolute Gasteiger partial charge is 0.133 e. The normalized spacial score (nSPS) is 12.5. The molecule has 6 heteroatoms. The number of ether oxygens (including phenoxy) is 1. The van der Waals surface area contributed by atoms with Gasteiger partial charge in [-0.1, -0.05) is 11.6 Å². The predicted octanol–water partition coefficient (Wildman–Crippen LogP) is 3.12. The molecule has 2 N–H and O–H groups in total. The van der Waals surface area contributed by atoms with Crippen molar-refractivity contribution in [2.45, 2.75) is 26.5 Å². The second-order valence-corrected chi connectivity index (χ2v) is 5.10. The van der Waals surface area contributed by atoms with Crippen LogP contribution in [-0.4, -0.2) is 9.78 Å². The molecule has 0 saturated heterocycles. The van der Waals surface area contributed by atoms with Gasteiger partial charge >= 0.3 is 0 Å². The molecule has 2 rings (SSSR count). The third-order valence-electron chi connectivity index (χ3n) is 3.10. The first kappa shape index (κ1) is 14.8. The summed E-state index contributed by atoms with van der Waals surface area (Å²) in [6, 6.07) is 4.00. The molecular weight excluding hydrogens is 281 g/mol. The fraction of sp³-hybridized carbons (Fsp3) is 0.357. The van der Waals surface area contributed by atoms with Crippen molar-refractivity contribution in [3.8, 4) is 5.75 Å². The van der Waals surface area contributed by atoms with Crippen LogP contribution in [0.5, 0.6) is 5.75 Å². The minimum atomic E-state index is -0.333. The monoisotopic (exact) mass is 297 g/mol. The Kier molecular flexibility index (Phi) is 4.30. The van der Waals surface area contributed by atoms with Crippen molar-refractivity contribution in [3.63, 3.8) is 0 Å². The van der Waals surface area contributed by atoms with E-state index in [2.05, 4.69) is 5.10 Å². The van der Waals surface area contributed by atoms with E-state index >= 15 is 0 Å². The van der Waals surface area contributed by atoms with E-state index in [1.807, 2.05) is 6.92 Å². The van der Waals surface area contributed by atoms with Crippen LogP contribution in [0.4, 0.5) is 4.39 Å². The lowest BCUT2D eigenvalue weighted by Gasteiger charge is -2.14. The van der Waals surface area contributed by atoms with Gasteiger partial charge in [-0.2, -0.15) is 5.10 Å². The zero-order valence-corrected chi connectivity index (χ0v) is 12.4. The molecule has 1 atom stereocenters. The third kappa shape index (κ3) is 2.94. The van der Waals surface area contributed by atoms with Crippen LogP contribution >= 0.6 is 11.6 Å². The number of rotatable bonds is 4. The Morgan fingerprint density at radius 2 is 2.20 bits per heavy atom. The van der Waals surface area contributed by atoms with Gasteiger partial charge in [-0.3, -0.25) is 4.68 Å². The molecule has 4 nitrogen and oxygen atoms in total. The van der Waals surface area contributed by atoms with Gasteiger partial charge in [0.05, 0.1) is 5.69 Å². The van der Waals surface area contributed by atoms with Gasteiger partial charge in [0.15, 0.2) is 0 Å². The minimum absolute atomic E-state index is 0.268. The molecule has 1 aromatic heterocycles. The van der Waals surface area contributed by atoms with Crippen LogP contribution in [0, 0.1) is 12.7 Å². The summed E-state index contributed by atoms with van der Waals surface area (Å²) in [5.41, 5.74) is 8.08. The van der Waals surface area contributed by atoms with Crippen LogP contribution in [0.2, 0.25) is 5.15 Å². The number of nitrogens with zero attached hydrogens (tertiary/aromatic N) is 2. The maximum absolute atomic E-state index is 13.3. The van der Waals surface area contributed by atoms with Crippen LogP contribution in [0.3, 0.4) is 0 Å². The molecule has 0 amide bonds. The van der Waals surface area contributed by atoms with E-state index in [1.54, 1.807) is 24.7 Å². The van der Waals surface area contributed by atoms with Crippen LogP contribution < -0.4 is 10.5 Å². The van der Waals surface area contributed by atoms with Gasteiger partial charge in [0.25, 0.3) is 0 Å². The molecule has 0 aliphatic rings. The van der Waals surface area contributed by atoms with Crippen molar-refractivity contribution in [2.75, 3.05) is 0 Å². The lowest BCUT2D eigenvalue weighted by atomic mass is 10.1. The number of halogens is 2. The molecule has 0 aliphatic carbocycles. The molecule has 0 radical (unpaired) electrons. The number of hydrogen-bond donors (Lipinski definition) is 1. The summed E-state index contributed by atoms with van der Waals surface area (Å²) in [4.78, 5) is 0. The third-order valence-corrected chi connectivity index (χ3v) is 3.58. The number of benzene rings is 1. The summed E-state index contributed by atoms with van der Waals surface area (Å²) in [5, 5.41) is 4.75. The Hall–Kier alpha value is -1.59. The lowest BCUT2D eigenvalue weighted by Crippen LogP contribution is -2.09. The molecule has 0 fully saturated rings. The molecule has 20 heavy (non-hydrogen) atoms. The van der Waals surface area contributed by atoms with Gasteiger partial charge in [0, 0.05) is 24.2 Å². The highest BCUT2D eigenvalue weighted by molar-refractivity contribution is 6.30. The minimum Gasteiger partial charge on any atom is -0.488 e. The maximum Gasteiger partial charge on any atom is 0.133 e. The van der Waals surface area contributed by atoms with Gasteiger partial charge in [-0.15, -0.1) is 0 Å². The van der Waals surface area contributed by atoms with Crippen LogP contribution in [0.15, 0.2) is 18.2 Å². The van der Waals surface area contributed by atoms with Gasteiger partial charge in [-0.25, -0.2) is 4.39 Å². The number of hydrogen-bond acceptors (Lipinski definition) is 3. The highest BCUT2D eigenvalue weighted by Gasteiger charge is 2.14. The first-order valence-corrected chi connectivity index (χ1v) is 6.63. The molecule has 0 saturated carbocycles. The molecule has 2 aromatic rings. The van der Waals surface area contributed by atoms with E-state index in [4.69, 9.17) is 22.1 Å². The average Bonchev–Trinajstić information content (AvgIpc) is 2.62. The summed E-state index contributed by atoms with van der Waals surface area (Å²) < 4.78 is 20.6. The topological polar surface area (TPSA) is 53.1 Å². The van der Waals surface area contributed by atoms with Crippen molar-refractivity contribution in [2.24, 2.45) is 12.8 Å². The van der Waals surface area contributed by atoms with Crippen molar-refractivity contribution in [1.82, 2.24) is 9.78 Å². The number of aromatic nitrogens is 2. The molecule has 1 aromatic carbocycles. The molecule has 0 aliphatic heterocycles. The van der Waals surface area contributed by atoms with Crippen molar-refractivity contribution in [1.29, 1.82) is 0 Å². The molecule has 108 valence electrons. The van der Waals surface area contributed by atoms with E-state index in [-0.39, 0.29) is 18.5 Å². The first-order chi connectivity index (χ1) is 9.40. The summed E-state index contributed by atoms with van der Waals surface area (Å²) in [5.74, 6) is 0.223. The number of aryl methyl sites for hydroxylation is 2. The Labute approximate surface area is 122 Å².